The van der Waals surface area contributed by atoms with E-state index in [0.717, 1.165) is 17.0 Å². The summed E-state index contributed by atoms with van der Waals surface area (Å²) in [5, 5.41) is 2.66. The van der Waals surface area contributed by atoms with Crippen LogP contribution in [-0.4, -0.2) is 6.54 Å². The minimum Gasteiger partial charge on any atom is -0.402 e. The lowest BCUT2D eigenvalue weighted by Gasteiger charge is -2.14. The van der Waals surface area contributed by atoms with E-state index < -0.39 is 7.92 Å². The van der Waals surface area contributed by atoms with Crippen LogP contribution in [0.1, 0.15) is 11.3 Å². The zero-order chi connectivity index (χ0) is 23.8. The van der Waals surface area contributed by atoms with Crippen LogP contribution in [0.2, 0.25) is 0 Å². The minimum absolute atomic E-state index is 0.213. The highest BCUT2D eigenvalue weighted by atomic mass is 31.1. The summed E-state index contributed by atoms with van der Waals surface area (Å²) in [4.78, 5) is 0. The normalized spacial score (nSPS) is 11.1. The molecule has 2 N–H and O–H groups in total. The average molecular weight is 470 g/mol. The van der Waals surface area contributed by atoms with Crippen molar-refractivity contribution in [3.63, 3.8) is 0 Å². The largest absolute Gasteiger partial charge is 0.402 e. The number of aryl methyl sites for hydroxylation is 1. The van der Waals surface area contributed by atoms with Gasteiger partial charge < -0.3 is 10.2 Å². The molecule has 5 rings (SSSR count). The van der Waals surface area contributed by atoms with Gasteiger partial charge in [-0.25, -0.2) is 4.39 Å². The van der Waals surface area contributed by atoms with Gasteiger partial charge in [-0.1, -0.05) is 84.9 Å². The number of hydrogen-bond donors (Lipinski definition) is 1. The van der Waals surface area contributed by atoms with Gasteiger partial charge >= 0.3 is 5.71 Å². The Morgan fingerprint density at radius 2 is 1.41 bits per heavy atom. The predicted molar refractivity (Wildman–Crippen MR) is 140 cm³/mol. The van der Waals surface area contributed by atoms with Crippen LogP contribution in [0.5, 0.6) is 0 Å². The van der Waals surface area contributed by atoms with Gasteiger partial charge in [0.15, 0.2) is 12.0 Å². The molecule has 3 aromatic carbocycles. The molecule has 0 amide bonds. The maximum atomic E-state index is 12.4. The van der Waals surface area contributed by atoms with Gasteiger partial charge in [-0.3, -0.25) is 0 Å². The lowest BCUT2D eigenvalue weighted by Crippen LogP contribution is -2.40. The van der Waals surface area contributed by atoms with Crippen molar-refractivity contribution in [3.8, 4) is 0 Å². The minimum atomic E-state index is -0.660. The molecule has 5 heteroatoms. The lowest BCUT2D eigenvalue weighted by atomic mass is 10.2. The van der Waals surface area contributed by atoms with Crippen molar-refractivity contribution in [2.75, 3.05) is 6.54 Å². The van der Waals surface area contributed by atoms with E-state index in [1.165, 1.54) is 28.2 Å². The number of hydrogen-bond acceptors (Lipinski definition) is 2. The van der Waals surface area contributed by atoms with E-state index in [9.17, 15) is 4.39 Å². The fraction of sp³-hybridized carbons (Fsp3) is 0.0690. The molecule has 0 bridgehead atoms. The molecule has 34 heavy (non-hydrogen) atoms. The van der Waals surface area contributed by atoms with Gasteiger partial charge in [0.05, 0.1) is 14.0 Å². The van der Waals surface area contributed by atoms with Crippen LogP contribution >= 0.6 is 7.92 Å². The number of oxazole rings is 1. The summed E-state index contributed by atoms with van der Waals surface area (Å²) in [6.45, 7) is 2.57. The van der Waals surface area contributed by atoms with Gasteiger partial charge in [0.25, 0.3) is 5.44 Å². The van der Waals surface area contributed by atoms with Crippen molar-refractivity contribution in [1.29, 1.82) is 0 Å². The van der Waals surface area contributed by atoms with Gasteiger partial charge in [-0.05, 0) is 34.4 Å². The van der Waals surface area contributed by atoms with Crippen LogP contribution < -0.4 is 26.2 Å². The first-order valence-corrected chi connectivity index (χ1v) is 12.4. The molecule has 0 aliphatic heterocycles. The summed E-state index contributed by atoms with van der Waals surface area (Å²) in [6, 6.07) is 33.7. The zero-order valence-electron chi connectivity index (χ0n) is 19.0. The molecule has 0 unspecified atom stereocenters. The average Bonchev–Trinajstić information content (AvgIpc) is 3.21. The molecule has 2 heterocycles. The second-order valence-corrected chi connectivity index (χ2v) is 9.71. The molecule has 2 aromatic heterocycles. The molecule has 0 aliphatic rings. The van der Waals surface area contributed by atoms with E-state index in [4.69, 9.17) is 10.2 Å². The fourth-order valence-electron chi connectivity index (χ4n) is 3.65. The van der Waals surface area contributed by atoms with Gasteiger partial charge in [-0.15, -0.1) is 4.40 Å². The number of nitrogens with zero attached hydrogens (tertiary/aromatic N) is 1. The Bertz CT molecular complexity index is 1310. The number of nitrogens with two attached hydrogens (primary N) is 1. The Morgan fingerprint density at radius 1 is 0.824 bits per heavy atom. The first-order chi connectivity index (χ1) is 16.7. The van der Waals surface area contributed by atoms with Crippen molar-refractivity contribution < 1.29 is 13.2 Å². The molecular weight excluding hydrogens is 442 g/mol. The van der Waals surface area contributed by atoms with Crippen LogP contribution in [-0.2, 0) is 0 Å². The monoisotopic (exact) mass is 469 g/mol. The summed E-state index contributed by atoms with van der Waals surface area (Å²) in [5.41, 5.74) is 8.35. The first kappa shape index (κ1) is 23.6. The van der Waals surface area contributed by atoms with Crippen molar-refractivity contribution in [2.45, 2.75) is 6.92 Å². The Kier molecular flexibility index (Phi) is 7.98. The highest BCUT2D eigenvalue weighted by molar-refractivity contribution is 7.79. The fourth-order valence-corrected chi connectivity index (χ4v) is 6.12. The standard InChI is InChI=1S/C20H17NOP.C9H10FN/c1-16-20(21-15-9-8-14-19(21)22-16)23(17-10-4-2-5-11-17)18-12-6-3-7-13-18;10-9-5-3-8(4-6-9)2-1-7-11/h2-15H,1H3;1-6H,7,11H2/q+1;/b;2-1+. The highest BCUT2D eigenvalue weighted by Gasteiger charge is 2.30. The number of fused-ring (bicyclic) bond motifs is 1. The molecule has 0 saturated heterocycles. The smallest absolute Gasteiger partial charge is 0.379 e. The van der Waals surface area contributed by atoms with Crippen LogP contribution in [0.15, 0.2) is 120 Å². The molecule has 0 aliphatic carbocycles. The first-order valence-electron chi connectivity index (χ1n) is 11.1. The van der Waals surface area contributed by atoms with Gasteiger partial charge in [-0.2, -0.15) is 0 Å². The molecule has 0 fully saturated rings. The summed E-state index contributed by atoms with van der Waals surface area (Å²) in [5.74, 6) is 0.768. The third-order valence-electron chi connectivity index (χ3n) is 5.18. The molecule has 3 nitrogen and oxygen atoms in total. The maximum Gasteiger partial charge on any atom is 0.379 e. The van der Waals surface area contributed by atoms with E-state index in [0.29, 0.717) is 6.54 Å². The summed E-state index contributed by atoms with van der Waals surface area (Å²) < 4.78 is 20.5. The Balaban J connectivity index is 0.000000210. The summed E-state index contributed by atoms with van der Waals surface area (Å²) in [6.07, 6.45) is 5.77. The molecule has 5 aromatic rings. The molecule has 0 atom stereocenters. The number of benzene rings is 3. The second-order valence-electron chi connectivity index (χ2n) is 7.59. The number of rotatable bonds is 5. The van der Waals surface area contributed by atoms with Crippen molar-refractivity contribution in [1.82, 2.24) is 0 Å². The number of halogens is 1. The van der Waals surface area contributed by atoms with Crippen molar-refractivity contribution >= 4 is 35.8 Å². The van der Waals surface area contributed by atoms with Crippen LogP contribution in [0.25, 0.3) is 11.8 Å². The lowest BCUT2D eigenvalue weighted by molar-refractivity contribution is -0.493. The molecule has 0 spiro atoms. The number of aromatic nitrogens is 1. The van der Waals surface area contributed by atoms with E-state index in [-0.39, 0.29) is 5.82 Å². The molecule has 0 radical (unpaired) electrons. The molecule has 170 valence electrons. The molecular formula is C29H27FN2OP+. The zero-order valence-corrected chi connectivity index (χ0v) is 19.9. The summed E-state index contributed by atoms with van der Waals surface area (Å²) in [7, 11) is -0.660. The van der Waals surface area contributed by atoms with E-state index in [2.05, 4.69) is 84.3 Å². The van der Waals surface area contributed by atoms with Crippen LogP contribution in [0, 0.1) is 12.7 Å². The second kappa shape index (κ2) is 11.5. The third-order valence-corrected chi connectivity index (χ3v) is 7.76. The Labute approximate surface area is 200 Å². The quantitative estimate of drug-likeness (QED) is 0.295. The van der Waals surface area contributed by atoms with Gasteiger partial charge in [0.2, 0.25) is 0 Å². The Hall–Kier alpha value is -3.59. The van der Waals surface area contributed by atoms with E-state index in [1.54, 1.807) is 12.1 Å². The predicted octanol–water partition coefficient (Wildman–Crippen LogP) is 4.88. The van der Waals surface area contributed by atoms with Gasteiger partial charge in [0, 0.05) is 19.5 Å². The van der Waals surface area contributed by atoms with E-state index >= 15 is 0 Å². The molecule has 0 saturated carbocycles. The van der Waals surface area contributed by atoms with Crippen LogP contribution in [0.4, 0.5) is 4.39 Å². The SMILES string of the molecule is Cc1oc2cccc[n+]2c1P(c1ccccc1)c1ccccc1.NC/C=C/c1ccc(F)cc1. The number of pyridine rings is 1. The topological polar surface area (TPSA) is 43.3 Å². The maximum absolute atomic E-state index is 12.4. The van der Waals surface area contributed by atoms with Crippen LogP contribution in [0.3, 0.4) is 0 Å². The summed E-state index contributed by atoms with van der Waals surface area (Å²) >= 11 is 0. The van der Waals surface area contributed by atoms with Gasteiger partial charge in [0.1, 0.15) is 5.82 Å². The van der Waals surface area contributed by atoms with E-state index in [1.807, 2.05) is 24.3 Å². The Morgan fingerprint density at radius 3 is 2.00 bits per heavy atom. The highest BCUT2D eigenvalue weighted by Crippen LogP contribution is 2.33. The van der Waals surface area contributed by atoms with Crippen molar-refractivity contribution in [3.05, 3.63) is 133 Å². The van der Waals surface area contributed by atoms with Crippen molar-refractivity contribution in [2.24, 2.45) is 5.73 Å². The third kappa shape index (κ3) is 5.66.